The molecule has 0 saturated carbocycles. The molecule has 0 aromatic rings. The molecule has 1 nitrogen and oxygen atoms in total. The van der Waals surface area contributed by atoms with Crippen LogP contribution in [0.15, 0.2) is 48.2 Å². The molecular weight excluding hydrogens is 182 g/mol. The minimum Gasteiger partial charge on any atom is -0.374 e. The van der Waals surface area contributed by atoms with Gasteiger partial charge in [-0.1, -0.05) is 30.4 Å². The van der Waals surface area contributed by atoms with E-state index in [0.29, 0.717) is 12.0 Å². The van der Waals surface area contributed by atoms with Gasteiger partial charge in [-0.05, 0) is 43.5 Å². The molecule has 0 aromatic heterocycles. The topological polar surface area (TPSA) is 3.24 Å². The third-order valence-corrected chi connectivity index (χ3v) is 3.19. The van der Waals surface area contributed by atoms with E-state index in [2.05, 4.69) is 61.5 Å². The first-order valence-electron chi connectivity index (χ1n) is 5.70. The molecule has 0 saturated heterocycles. The second-order valence-electron chi connectivity index (χ2n) is 4.48. The highest BCUT2D eigenvalue weighted by molar-refractivity contribution is 5.26. The van der Waals surface area contributed by atoms with Crippen molar-refractivity contribution in [3.63, 3.8) is 0 Å². The quantitative estimate of drug-likeness (QED) is 0.662. The molecule has 1 heteroatoms. The Morgan fingerprint density at radius 3 is 2.93 bits per heavy atom. The number of hydrogen-bond donors (Lipinski definition) is 0. The molecule has 80 valence electrons. The third kappa shape index (κ3) is 2.62. The van der Waals surface area contributed by atoms with E-state index in [-0.39, 0.29) is 0 Å². The maximum Gasteiger partial charge on any atom is 0.0441 e. The van der Waals surface area contributed by atoms with Crippen LogP contribution in [0.25, 0.3) is 0 Å². The zero-order valence-corrected chi connectivity index (χ0v) is 9.56. The molecule has 2 unspecified atom stereocenters. The molecule has 0 N–H and O–H groups in total. The Morgan fingerprint density at radius 1 is 1.40 bits per heavy atom. The van der Waals surface area contributed by atoms with Crippen molar-refractivity contribution < 1.29 is 0 Å². The first-order chi connectivity index (χ1) is 7.25. The maximum atomic E-state index is 2.37. The number of likely N-dealkylation sites (N-methyl/N-ethyl adjacent to an activating group) is 1. The second kappa shape index (κ2) is 4.52. The van der Waals surface area contributed by atoms with Gasteiger partial charge in [0.1, 0.15) is 0 Å². The van der Waals surface area contributed by atoms with Crippen LogP contribution in [0.4, 0.5) is 0 Å². The number of hydrogen-bond acceptors (Lipinski definition) is 1. The van der Waals surface area contributed by atoms with E-state index in [1.807, 2.05) is 0 Å². The van der Waals surface area contributed by atoms with Gasteiger partial charge in [-0.25, -0.2) is 0 Å². The zero-order valence-electron chi connectivity index (χ0n) is 9.56. The van der Waals surface area contributed by atoms with Crippen molar-refractivity contribution in [3.05, 3.63) is 48.2 Å². The predicted octanol–water partition coefficient (Wildman–Crippen LogP) is 3.28. The minimum absolute atomic E-state index is 0.535. The van der Waals surface area contributed by atoms with Crippen molar-refractivity contribution in [3.8, 4) is 0 Å². The lowest BCUT2D eigenvalue weighted by molar-refractivity contribution is 0.398. The standard InChI is InChI=1S/C14H19N/c1-12-10-14(8-9-15(12)2)11-13-6-4-3-5-7-13/h3-6,8-10,12-13H,7,11H2,1-2H3. The van der Waals surface area contributed by atoms with Crippen LogP contribution in [0.3, 0.4) is 0 Å². The molecule has 0 fully saturated rings. The van der Waals surface area contributed by atoms with Crippen molar-refractivity contribution in [1.82, 2.24) is 4.90 Å². The lowest BCUT2D eigenvalue weighted by Gasteiger charge is -2.26. The molecule has 0 aromatic carbocycles. The van der Waals surface area contributed by atoms with Gasteiger partial charge >= 0.3 is 0 Å². The summed E-state index contributed by atoms with van der Waals surface area (Å²) in [6, 6.07) is 0.535. The maximum absolute atomic E-state index is 2.37. The third-order valence-electron chi connectivity index (χ3n) is 3.19. The molecule has 0 spiro atoms. The molecular formula is C14H19N. The molecule has 2 atom stereocenters. The van der Waals surface area contributed by atoms with E-state index in [1.165, 1.54) is 18.4 Å². The Hall–Kier alpha value is -1.24. The van der Waals surface area contributed by atoms with Crippen molar-refractivity contribution in [2.45, 2.75) is 25.8 Å². The fourth-order valence-electron chi connectivity index (χ4n) is 2.05. The molecule has 0 radical (unpaired) electrons. The first-order valence-corrected chi connectivity index (χ1v) is 5.70. The summed E-state index contributed by atoms with van der Waals surface area (Å²) in [5.41, 5.74) is 1.48. The van der Waals surface area contributed by atoms with Crippen molar-refractivity contribution >= 4 is 0 Å². The normalized spacial score (nSPS) is 29.5. The van der Waals surface area contributed by atoms with Crippen LogP contribution in [0.1, 0.15) is 19.8 Å². The zero-order chi connectivity index (χ0) is 10.7. The second-order valence-corrected chi connectivity index (χ2v) is 4.48. The van der Waals surface area contributed by atoms with E-state index in [0.717, 1.165) is 0 Å². The summed E-state index contributed by atoms with van der Waals surface area (Å²) in [5, 5.41) is 0. The van der Waals surface area contributed by atoms with Crippen LogP contribution in [-0.2, 0) is 0 Å². The van der Waals surface area contributed by atoms with Crippen LogP contribution in [0, 0.1) is 5.92 Å². The number of rotatable bonds is 2. The Bertz CT molecular complexity index is 333. The van der Waals surface area contributed by atoms with Crippen LogP contribution < -0.4 is 0 Å². The highest BCUT2D eigenvalue weighted by Gasteiger charge is 2.12. The Balaban J connectivity index is 1.95. The highest BCUT2D eigenvalue weighted by atomic mass is 15.1. The molecule has 1 aliphatic carbocycles. The number of nitrogens with zero attached hydrogens (tertiary/aromatic N) is 1. The van der Waals surface area contributed by atoms with Crippen LogP contribution >= 0.6 is 0 Å². The van der Waals surface area contributed by atoms with Crippen molar-refractivity contribution in [2.24, 2.45) is 5.92 Å². The van der Waals surface area contributed by atoms with Gasteiger partial charge in [0.2, 0.25) is 0 Å². The molecule has 0 amide bonds. The summed E-state index contributed by atoms with van der Waals surface area (Å²) in [6.07, 6.45) is 18.0. The first kappa shape index (κ1) is 10.3. The largest absolute Gasteiger partial charge is 0.374 e. The summed E-state index contributed by atoms with van der Waals surface area (Å²) in [7, 11) is 2.12. The lowest BCUT2D eigenvalue weighted by atomic mass is 9.91. The molecule has 1 aliphatic heterocycles. The molecule has 2 rings (SSSR count). The average Bonchev–Trinajstić information content (AvgIpc) is 2.25. The molecule has 15 heavy (non-hydrogen) atoms. The Morgan fingerprint density at radius 2 is 2.27 bits per heavy atom. The summed E-state index contributed by atoms with van der Waals surface area (Å²) >= 11 is 0. The summed E-state index contributed by atoms with van der Waals surface area (Å²) < 4.78 is 0. The van der Waals surface area contributed by atoms with Gasteiger partial charge in [0.05, 0.1) is 0 Å². The highest BCUT2D eigenvalue weighted by Crippen LogP contribution is 2.23. The Labute approximate surface area is 92.5 Å². The lowest BCUT2D eigenvalue weighted by Crippen LogP contribution is -2.24. The molecule has 1 heterocycles. The SMILES string of the molecule is CC1C=C(CC2C=CC=CC2)C=CN1C. The average molecular weight is 201 g/mol. The fraction of sp³-hybridized carbons (Fsp3) is 0.429. The van der Waals surface area contributed by atoms with Gasteiger partial charge in [0, 0.05) is 13.1 Å². The van der Waals surface area contributed by atoms with E-state index in [9.17, 15) is 0 Å². The monoisotopic (exact) mass is 201 g/mol. The molecule has 0 bridgehead atoms. The van der Waals surface area contributed by atoms with E-state index < -0.39 is 0 Å². The minimum atomic E-state index is 0.535. The fourth-order valence-corrected chi connectivity index (χ4v) is 2.05. The van der Waals surface area contributed by atoms with Gasteiger partial charge in [0.15, 0.2) is 0 Å². The Kier molecular flexibility index (Phi) is 3.10. The van der Waals surface area contributed by atoms with Gasteiger partial charge in [-0.2, -0.15) is 0 Å². The smallest absolute Gasteiger partial charge is 0.0441 e. The van der Waals surface area contributed by atoms with Crippen molar-refractivity contribution in [2.75, 3.05) is 7.05 Å². The number of allylic oxidation sites excluding steroid dienone is 6. The van der Waals surface area contributed by atoms with Crippen LogP contribution in [0.2, 0.25) is 0 Å². The van der Waals surface area contributed by atoms with Gasteiger partial charge in [-0.3, -0.25) is 0 Å². The van der Waals surface area contributed by atoms with E-state index in [1.54, 1.807) is 0 Å². The van der Waals surface area contributed by atoms with Crippen LogP contribution in [-0.4, -0.2) is 18.0 Å². The summed E-state index contributed by atoms with van der Waals surface area (Å²) in [4.78, 5) is 2.24. The molecule has 2 aliphatic rings. The van der Waals surface area contributed by atoms with Gasteiger partial charge < -0.3 is 4.90 Å². The van der Waals surface area contributed by atoms with E-state index in [4.69, 9.17) is 0 Å². The predicted molar refractivity (Wildman–Crippen MR) is 65.5 cm³/mol. The summed E-state index contributed by atoms with van der Waals surface area (Å²) in [6.45, 7) is 2.24. The van der Waals surface area contributed by atoms with Crippen molar-refractivity contribution in [1.29, 1.82) is 0 Å². The van der Waals surface area contributed by atoms with E-state index >= 15 is 0 Å². The summed E-state index contributed by atoms with van der Waals surface area (Å²) in [5.74, 6) is 0.696. The van der Waals surface area contributed by atoms with Gasteiger partial charge in [0.25, 0.3) is 0 Å². The van der Waals surface area contributed by atoms with Crippen LogP contribution in [0.5, 0.6) is 0 Å². The van der Waals surface area contributed by atoms with Gasteiger partial charge in [-0.15, -0.1) is 0 Å².